The van der Waals surface area contributed by atoms with Gasteiger partial charge in [-0.25, -0.2) is 0 Å². The Balaban J connectivity index is 2.00. The van der Waals surface area contributed by atoms with Crippen LogP contribution in [0.5, 0.6) is 0 Å². The Bertz CT molecular complexity index is 386. The SMILES string of the molecule is FC(F)(F)c1ccccc1NCC1CCCCS1. The summed E-state index contributed by atoms with van der Waals surface area (Å²) in [6.45, 7) is 0.609. The minimum atomic E-state index is -4.29. The molecule has 1 aromatic rings. The van der Waals surface area contributed by atoms with Crippen LogP contribution < -0.4 is 5.32 Å². The molecule has 18 heavy (non-hydrogen) atoms. The highest BCUT2D eigenvalue weighted by Gasteiger charge is 2.33. The van der Waals surface area contributed by atoms with E-state index in [9.17, 15) is 13.2 Å². The Labute approximate surface area is 109 Å². The Kier molecular flexibility index (Phi) is 4.43. The fourth-order valence-electron chi connectivity index (χ4n) is 2.08. The van der Waals surface area contributed by atoms with Crippen molar-refractivity contribution < 1.29 is 13.2 Å². The number of alkyl halides is 3. The largest absolute Gasteiger partial charge is 0.418 e. The lowest BCUT2D eigenvalue weighted by Gasteiger charge is -2.23. The molecule has 1 heterocycles. The number of anilines is 1. The number of thioether (sulfide) groups is 1. The molecule has 1 N–H and O–H groups in total. The van der Waals surface area contributed by atoms with E-state index in [0.717, 1.165) is 18.2 Å². The number of nitrogens with one attached hydrogen (secondary N) is 1. The van der Waals surface area contributed by atoms with Crippen LogP contribution in [0.4, 0.5) is 18.9 Å². The summed E-state index contributed by atoms with van der Waals surface area (Å²) in [5, 5.41) is 3.38. The summed E-state index contributed by atoms with van der Waals surface area (Å²) in [6, 6.07) is 5.67. The molecule has 5 heteroatoms. The van der Waals surface area contributed by atoms with Crippen molar-refractivity contribution >= 4 is 17.4 Å². The second-order valence-electron chi connectivity index (χ2n) is 4.41. The van der Waals surface area contributed by atoms with Gasteiger partial charge in [0.25, 0.3) is 0 Å². The third-order valence-electron chi connectivity index (χ3n) is 3.03. The van der Waals surface area contributed by atoms with Crippen molar-refractivity contribution in [3.63, 3.8) is 0 Å². The fourth-order valence-corrected chi connectivity index (χ4v) is 3.32. The smallest absolute Gasteiger partial charge is 0.383 e. The summed E-state index contributed by atoms with van der Waals surface area (Å²) >= 11 is 1.85. The summed E-state index contributed by atoms with van der Waals surface area (Å²) < 4.78 is 38.3. The lowest BCUT2D eigenvalue weighted by atomic mass is 10.1. The van der Waals surface area contributed by atoms with Gasteiger partial charge >= 0.3 is 6.18 Å². The van der Waals surface area contributed by atoms with Crippen molar-refractivity contribution in [2.45, 2.75) is 30.7 Å². The van der Waals surface area contributed by atoms with Gasteiger partial charge in [-0.1, -0.05) is 18.6 Å². The van der Waals surface area contributed by atoms with Crippen molar-refractivity contribution in [3.8, 4) is 0 Å². The average molecular weight is 275 g/mol. The molecule has 1 saturated heterocycles. The van der Waals surface area contributed by atoms with E-state index in [0.29, 0.717) is 11.8 Å². The lowest BCUT2D eigenvalue weighted by molar-refractivity contribution is -0.136. The summed E-state index contributed by atoms with van der Waals surface area (Å²) in [6.07, 6.45) is -0.796. The predicted octanol–water partition coefficient (Wildman–Crippen LogP) is 4.40. The zero-order valence-corrected chi connectivity index (χ0v) is 10.8. The minimum absolute atomic E-state index is 0.191. The van der Waals surface area contributed by atoms with Crippen LogP contribution in [-0.2, 0) is 6.18 Å². The van der Waals surface area contributed by atoms with Gasteiger partial charge in [0.2, 0.25) is 0 Å². The Morgan fingerprint density at radius 2 is 2.00 bits per heavy atom. The van der Waals surface area contributed by atoms with E-state index < -0.39 is 11.7 Å². The van der Waals surface area contributed by atoms with Gasteiger partial charge in [-0.2, -0.15) is 24.9 Å². The number of benzene rings is 1. The van der Waals surface area contributed by atoms with Crippen molar-refractivity contribution in [2.75, 3.05) is 17.6 Å². The highest BCUT2D eigenvalue weighted by Crippen LogP contribution is 2.35. The van der Waals surface area contributed by atoms with Gasteiger partial charge in [-0.15, -0.1) is 0 Å². The molecule has 1 aliphatic heterocycles. The standard InChI is InChI=1S/C13H16F3NS/c14-13(15,16)11-6-1-2-7-12(11)17-9-10-5-3-4-8-18-10/h1-2,6-7,10,17H,3-5,8-9H2. The maximum absolute atomic E-state index is 12.8. The zero-order valence-electron chi connectivity index (χ0n) is 9.96. The van der Waals surface area contributed by atoms with Crippen LogP contribution in [0.2, 0.25) is 0 Å². The van der Waals surface area contributed by atoms with E-state index >= 15 is 0 Å². The molecule has 0 radical (unpaired) electrons. The van der Waals surface area contributed by atoms with Gasteiger partial charge in [0, 0.05) is 17.5 Å². The monoisotopic (exact) mass is 275 g/mol. The molecule has 1 aliphatic rings. The second kappa shape index (κ2) is 5.87. The number of halogens is 3. The highest BCUT2D eigenvalue weighted by molar-refractivity contribution is 7.99. The topological polar surface area (TPSA) is 12.0 Å². The van der Waals surface area contributed by atoms with Gasteiger partial charge in [-0.05, 0) is 30.7 Å². The third kappa shape index (κ3) is 3.57. The van der Waals surface area contributed by atoms with Gasteiger partial charge in [0.05, 0.1) is 5.56 Å². The fraction of sp³-hybridized carbons (Fsp3) is 0.538. The molecule has 0 aromatic heterocycles. The van der Waals surface area contributed by atoms with E-state index in [1.165, 1.54) is 25.0 Å². The first-order chi connectivity index (χ1) is 8.57. The molecule has 0 saturated carbocycles. The minimum Gasteiger partial charge on any atom is -0.383 e. The van der Waals surface area contributed by atoms with Crippen LogP contribution in [-0.4, -0.2) is 17.5 Å². The lowest BCUT2D eigenvalue weighted by Crippen LogP contribution is -2.21. The van der Waals surface area contributed by atoms with Crippen LogP contribution in [0.3, 0.4) is 0 Å². The molecular weight excluding hydrogens is 259 g/mol. The molecule has 1 aromatic carbocycles. The van der Waals surface area contributed by atoms with Gasteiger partial charge in [0.1, 0.15) is 0 Å². The van der Waals surface area contributed by atoms with Crippen molar-refractivity contribution in [1.82, 2.24) is 0 Å². The molecule has 100 valence electrons. The molecule has 0 amide bonds. The molecule has 1 nitrogen and oxygen atoms in total. The quantitative estimate of drug-likeness (QED) is 0.877. The summed E-state index contributed by atoms with van der Waals surface area (Å²) in [7, 11) is 0. The summed E-state index contributed by atoms with van der Waals surface area (Å²) in [5.74, 6) is 1.12. The van der Waals surface area contributed by atoms with Crippen LogP contribution in [0.15, 0.2) is 24.3 Å². The first kappa shape index (κ1) is 13.6. The van der Waals surface area contributed by atoms with Gasteiger partial charge in [0.15, 0.2) is 0 Å². The van der Waals surface area contributed by atoms with E-state index in [1.54, 1.807) is 6.07 Å². The van der Waals surface area contributed by atoms with E-state index in [2.05, 4.69) is 5.32 Å². The average Bonchev–Trinajstić information content (AvgIpc) is 2.37. The molecule has 0 aliphatic carbocycles. The molecular formula is C13H16F3NS. The van der Waals surface area contributed by atoms with Crippen LogP contribution >= 0.6 is 11.8 Å². The normalized spacial score (nSPS) is 20.7. The Hall–Kier alpha value is -0.840. The summed E-state index contributed by atoms with van der Waals surface area (Å²) in [4.78, 5) is 0. The number of para-hydroxylation sites is 1. The van der Waals surface area contributed by atoms with Gasteiger partial charge in [-0.3, -0.25) is 0 Å². The predicted molar refractivity (Wildman–Crippen MR) is 70.0 cm³/mol. The zero-order chi connectivity index (χ0) is 13.0. The Morgan fingerprint density at radius 1 is 1.22 bits per heavy atom. The molecule has 0 bridgehead atoms. The van der Waals surface area contributed by atoms with E-state index in [1.807, 2.05) is 11.8 Å². The second-order valence-corrected chi connectivity index (χ2v) is 5.82. The first-order valence-electron chi connectivity index (χ1n) is 6.09. The van der Waals surface area contributed by atoms with E-state index in [-0.39, 0.29) is 5.69 Å². The van der Waals surface area contributed by atoms with Crippen molar-refractivity contribution in [1.29, 1.82) is 0 Å². The Morgan fingerprint density at radius 3 is 2.67 bits per heavy atom. The molecule has 1 unspecified atom stereocenters. The molecule has 1 fully saturated rings. The maximum Gasteiger partial charge on any atom is 0.418 e. The number of hydrogen-bond acceptors (Lipinski definition) is 2. The van der Waals surface area contributed by atoms with Crippen LogP contribution in [0, 0.1) is 0 Å². The number of rotatable bonds is 3. The van der Waals surface area contributed by atoms with Crippen molar-refractivity contribution in [2.24, 2.45) is 0 Å². The van der Waals surface area contributed by atoms with Crippen LogP contribution in [0.1, 0.15) is 24.8 Å². The first-order valence-corrected chi connectivity index (χ1v) is 7.14. The number of hydrogen-bond donors (Lipinski definition) is 1. The van der Waals surface area contributed by atoms with Crippen LogP contribution in [0.25, 0.3) is 0 Å². The summed E-state index contributed by atoms with van der Waals surface area (Å²) in [5.41, 5.74) is -0.387. The van der Waals surface area contributed by atoms with E-state index in [4.69, 9.17) is 0 Å². The molecule has 1 atom stereocenters. The highest BCUT2D eigenvalue weighted by atomic mass is 32.2. The maximum atomic E-state index is 12.8. The molecule has 2 rings (SSSR count). The van der Waals surface area contributed by atoms with Crippen molar-refractivity contribution in [3.05, 3.63) is 29.8 Å². The molecule has 0 spiro atoms. The third-order valence-corrected chi connectivity index (χ3v) is 4.42. The van der Waals surface area contributed by atoms with Gasteiger partial charge < -0.3 is 5.32 Å².